The zero-order chi connectivity index (χ0) is 13.1. The molecular formula is C16H21NS2. The molecule has 0 amide bonds. The lowest BCUT2D eigenvalue weighted by molar-refractivity contribution is 0.665. The number of hydrogen-bond donors (Lipinski definition) is 1. The van der Waals surface area contributed by atoms with E-state index in [4.69, 9.17) is 5.73 Å². The first-order valence-corrected chi connectivity index (χ1v) is 8.92. The predicted molar refractivity (Wildman–Crippen MR) is 85.1 cm³/mol. The van der Waals surface area contributed by atoms with Gasteiger partial charge in [0.2, 0.25) is 0 Å². The maximum atomic E-state index is 6.38. The van der Waals surface area contributed by atoms with E-state index in [0.29, 0.717) is 0 Å². The molecule has 1 aliphatic rings. The van der Waals surface area contributed by atoms with Crippen LogP contribution < -0.4 is 5.73 Å². The largest absolute Gasteiger partial charge is 0.323 e. The fourth-order valence-corrected chi connectivity index (χ4v) is 4.79. The fourth-order valence-electron chi connectivity index (χ4n) is 2.77. The summed E-state index contributed by atoms with van der Waals surface area (Å²) in [5, 5.41) is 2.15. The lowest BCUT2D eigenvalue weighted by Gasteiger charge is -2.08. The molecule has 1 atom stereocenters. The maximum Gasteiger partial charge on any atom is 0.0393 e. The normalized spacial score (nSPS) is 16.9. The van der Waals surface area contributed by atoms with Gasteiger partial charge in [0.1, 0.15) is 0 Å². The Morgan fingerprint density at radius 3 is 2.95 bits per heavy atom. The lowest BCUT2D eigenvalue weighted by Crippen LogP contribution is -2.09. The van der Waals surface area contributed by atoms with Crippen LogP contribution in [0.5, 0.6) is 0 Å². The standard InChI is InChI=1S/C16H21NS2/c17-14(9-8-13-6-4-10-18-13)16-11-12-5-2-1-3-7-15(12)19-16/h4,6,10-11,14H,1-3,5,7-9,17H2. The van der Waals surface area contributed by atoms with Crippen LogP contribution in [0, 0.1) is 0 Å². The van der Waals surface area contributed by atoms with Crippen LogP contribution >= 0.6 is 22.7 Å². The van der Waals surface area contributed by atoms with E-state index in [2.05, 4.69) is 23.6 Å². The molecule has 3 rings (SSSR count). The summed E-state index contributed by atoms with van der Waals surface area (Å²) >= 11 is 3.81. The van der Waals surface area contributed by atoms with E-state index in [-0.39, 0.29) is 6.04 Å². The van der Waals surface area contributed by atoms with Gasteiger partial charge in [0.15, 0.2) is 0 Å². The van der Waals surface area contributed by atoms with E-state index in [9.17, 15) is 0 Å². The first kappa shape index (κ1) is 13.3. The monoisotopic (exact) mass is 291 g/mol. The minimum Gasteiger partial charge on any atom is -0.323 e. The second-order valence-corrected chi connectivity index (χ2v) is 7.58. The average molecular weight is 291 g/mol. The molecule has 0 saturated heterocycles. The van der Waals surface area contributed by atoms with Crippen molar-refractivity contribution in [2.24, 2.45) is 5.73 Å². The van der Waals surface area contributed by atoms with Gasteiger partial charge in [0, 0.05) is 20.7 Å². The molecule has 0 aromatic carbocycles. The fraction of sp³-hybridized carbons (Fsp3) is 0.500. The summed E-state index contributed by atoms with van der Waals surface area (Å²) in [7, 11) is 0. The molecule has 0 fully saturated rings. The summed E-state index contributed by atoms with van der Waals surface area (Å²) in [4.78, 5) is 4.47. The van der Waals surface area contributed by atoms with E-state index >= 15 is 0 Å². The van der Waals surface area contributed by atoms with Gasteiger partial charge >= 0.3 is 0 Å². The molecule has 0 aliphatic heterocycles. The van der Waals surface area contributed by atoms with Gasteiger partial charge in [-0.2, -0.15) is 0 Å². The Bertz CT molecular complexity index is 489. The molecule has 1 nitrogen and oxygen atoms in total. The van der Waals surface area contributed by atoms with Crippen molar-refractivity contribution in [1.29, 1.82) is 0 Å². The second-order valence-electron chi connectivity index (χ2n) is 5.38. The van der Waals surface area contributed by atoms with Crippen molar-refractivity contribution in [1.82, 2.24) is 0 Å². The van der Waals surface area contributed by atoms with Crippen LogP contribution in [0.2, 0.25) is 0 Å². The smallest absolute Gasteiger partial charge is 0.0393 e. The van der Waals surface area contributed by atoms with Crippen LogP contribution in [-0.2, 0) is 19.3 Å². The molecule has 1 aliphatic carbocycles. The highest BCUT2D eigenvalue weighted by atomic mass is 32.1. The molecule has 2 N–H and O–H groups in total. The number of thiophene rings is 2. The quantitative estimate of drug-likeness (QED) is 0.811. The molecule has 3 heteroatoms. The van der Waals surface area contributed by atoms with Crippen LogP contribution in [0.1, 0.15) is 51.9 Å². The van der Waals surface area contributed by atoms with Gasteiger partial charge in [-0.25, -0.2) is 0 Å². The van der Waals surface area contributed by atoms with Gasteiger partial charge in [-0.15, -0.1) is 22.7 Å². The molecule has 19 heavy (non-hydrogen) atoms. The van der Waals surface area contributed by atoms with Gasteiger partial charge in [-0.1, -0.05) is 12.5 Å². The third kappa shape index (κ3) is 3.28. The summed E-state index contributed by atoms with van der Waals surface area (Å²) in [6.07, 6.45) is 8.83. The highest BCUT2D eigenvalue weighted by Gasteiger charge is 2.16. The van der Waals surface area contributed by atoms with Crippen molar-refractivity contribution in [3.63, 3.8) is 0 Å². The molecule has 0 spiro atoms. The van der Waals surface area contributed by atoms with Crippen LogP contribution in [0.15, 0.2) is 23.6 Å². The maximum absolute atomic E-state index is 6.38. The van der Waals surface area contributed by atoms with E-state index in [1.54, 1.807) is 10.4 Å². The van der Waals surface area contributed by atoms with Gasteiger partial charge in [0.05, 0.1) is 0 Å². The van der Waals surface area contributed by atoms with Crippen molar-refractivity contribution in [3.05, 3.63) is 43.8 Å². The van der Waals surface area contributed by atoms with Crippen LogP contribution in [0.4, 0.5) is 0 Å². The first-order chi connectivity index (χ1) is 9.33. The lowest BCUT2D eigenvalue weighted by atomic mass is 10.1. The Morgan fingerprint density at radius 1 is 1.21 bits per heavy atom. The minimum absolute atomic E-state index is 0.221. The van der Waals surface area contributed by atoms with Crippen LogP contribution in [0.3, 0.4) is 0 Å². The van der Waals surface area contributed by atoms with Crippen molar-refractivity contribution in [2.75, 3.05) is 0 Å². The third-order valence-electron chi connectivity index (χ3n) is 3.91. The summed E-state index contributed by atoms with van der Waals surface area (Å²) < 4.78 is 0. The molecular weight excluding hydrogens is 270 g/mol. The number of nitrogens with two attached hydrogens (primary N) is 1. The molecule has 0 radical (unpaired) electrons. The molecule has 2 heterocycles. The number of hydrogen-bond acceptors (Lipinski definition) is 3. The van der Waals surface area contributed by atoms with Crippen molar-refractivity contribution in [3.8, 4) is 0 Å². The van der Waals surface area contributed by atoms with Crippen molar-refractivity contribution < 1.29 is 0 Å². The zero-order valence-electron chi connectivity index (χ0n) is 11.2. The number of fused-ring (bicyclic) bond motifs is 1. The van der Waals surface area contributed by atoms with E-state index < -0.39 is 0 Å². The third-order valence-corrected chi connectivity index (χ3v) is 6.22. The summed E-state index contributed by atoms with van der Waals surface area (Å²) in [6.45, 7) is 0. The summed E-state index contributed by atoms with van der Waals surface area (Å²) in [5.41, 5.74) is 7.96. The highest BCUT2D eigenvalue weighted by molar-refractivity contribution is 7.12. The first-order valence-electron chi connectivity index (χ1n) is 7.22. The minimum atomic E-state index is 0.221. The SMILES string of the molecule is NC(CCc1cccs1)c1cc2c(s1)CCCCC2. The van der Waals surface area contributed by atoms with E-state index in [1.807, 2.05) is 22.7 Å². The Labute approximate surface area is 123 Å². The molecule has 2 aromatic rings. The van der Waals surface area contributed by atoms with Crippen LogP contribution in [-0.4, -0.2) is 0 Å². The van der Waals surface area contributed by atoms with Gasteiger partial charge < -0.3 is 5.73 Å². The Hall–Kier alpha value is -0.640. The number of aryl methyl sites for hydroxylation is 3. The van der Waals surface area contributed by atoms with E-state index in [0.717, 1.165) is 12.8 Å². The van der Waals surface area contributed by atoms with Gasteiger partial charge in [-0.3, -0.25) is 0 Å². The number of rotatable bonds is 4. The van der Waals surface area contributed by atoms with Crippen LogP contribution in [0.25, 0.3) is 0 Å². The zero-order valence-corrected chi connectivity index (χ0v) is 12.9. The van der Waals surface area contributed by atoms with Gasteiger partial charge in [-0.05, 0) is 61.6 Å². The summed E-state index contributed by atoms with van der Waals surface area (Å²) in [5.74, 6) is 0. The van der Waals surface area contributed by atoms with Gasteiger partial charge in [0.25, 0.3) is 0 Å². The van der Waals surface area contributed by atoms with Crippen molar-refractivity contribution >= 4 is 22.7 Å². The second kappa shape index (κ2) is 6.21. The Morgan fingerprint density at radius 2 is 2.11 bits per heavy atom. The highest BCUT2D eigenvalue weighted by Crippen LogP contribution is 2.33. The van der Waals surface area contributed by atoms with Crippen molar-refractivity contribution in [2.45, 2.75) is 51.0 Å². The molecule has 1 unspecified atom stereocenters. The van der Waals surface area contributed by atoms with E-state index in [1.165, 1.54) is 41.9 Å². The molecule has 0 bridgehead atoms. The molecule has 0 saturated carbocycles. The Balaban J connectivity index is 1.64. The molecule has 2 aromatic heterocycles. The summed E-state index contributed by atoms with van der Waals surface area (Å²) in [6, 6.07) is 6.95. The molecule has 102 valence electrons. The predicted octanol–water partition coefficient (Wildman–Crippen LogP) is 4.71. The topological polar surface area (TPSA) is 26.0 Å². The average Bonchev–Trinajstić information content (AvgIpc) is 3.02. The Kier molecular flexibility index (Phi) is 4.36.